The summed E-state index contributed by atoms with van der Waals surface area (Å²) in [6.07, 6.45) is 1.31. The zero-order chi connectivity index (χ0) is 23.3. The van der Waals surface area contributed by atoms with Crippen LogP contribution in [-0.4, -0.2) is 26.4 Å². The summed E-state index contributed by atoms with van der Waals surface area (Å²) in [5.41, 5.74) is 2.22. The Morgan fingerprint density at radius 2 is 2.00 bits per heavy atom. The predicted octanol–water partition coefficient (Wildman–Crippen LogP) is 5.23. The third-order valence-electron chi connectivity index (χ3n) is 4.75. The lowest BCUT2D eigenvalue weighted by Crippen LogP contribution is -2.16. The van der Waals surface area contributed by atoms with Crippen LogP contribution in [0.1, 0.15) is 30.0 Å². The fourth-order valence-corrected chi connectivity index (χ4v) is 3.71. The first-order valence-corrected chi connectivity index (χ1v) is 10.9. The zero-order valence-corrected chi connectivity index (χ0v) is 18.9. The highest BCUT2D eigenvalue weighted by atomic mass is 32.2. The average Bonchev–Trinajstić information content (AvgIpc) is 3.14. The monoisotopic (exact) mass is 458 g/mol. The number of anilines is 1. The molecule has 1 heterocycles. The first-order valence-electron chi connectivity index (χ1n) is 9.94. The summed E-state index contributed by atoms with van der Waals surface area (Å²) in [5.74, 6) is -0.706. The van der Waals surface area contributed by atoms with Crippen molar-refractivity contribution in [1.82, 2.24) is 14.8 Å². The molecule has 1 amide bonds. The van der Waals surface area contributed by atoms with E-state index in [1.54, 1.807) is 6.08 Å². The van der Waals surface area contributed by atoms with Crippen molar-refractivity contribution in [2.45, 2.75) is 38.6 Å². The molecule has 0 radical (unpaired) electrons. The summed E-state index contributed by atoms with van der Waals surface area (Å²) in [4.78, 5) is 12.2. The molecule has 0 spiro atoms. The number of amides is 1. The van der Waals surface area contributed by atoms with Gasteiger partial charge in [-0.25, -0.2) is 8.78 Å². The number of allylic oxidation sites excluding steroid dienone is 1. The van der Waals surface area contributed by atoms with Gasteiger partial charge >= 0.3 is 0 Å². The molecular formula is C23H24F2N4O2S. The van der Waals surface area contributed by atoms with E-state index in [0.29, 0.717) is 23.6 Å². The van der Waals surface area contributed by atoms with Crippen LogP contribution in [0.25, 0.3) is 0 Å². The molecule has 6 nitrogen and oxygen atoms in total. The lowest BCUT2D eigenvalue weighted by molar-refractivity contribution is -0.113. The molecule has 0 bridgehead atoms. The second-order valence-corrected chi connectivity index (χ2v) is 8.15. The first kappa shape index (κ1) is 23.5. The number of ether oxygens (including phenoxy) is 1. The average molecular weight is 459 g/mol. The number of hydrogen-bond acceptors (Lipinski definition) is 5. The van der Waals surface area contributed by atoms with Crippen molar-refractivity contribution in [3.63, 3.8) is 0 Å². The smallest absolute Gasteiger partial charge is 0.234 e. The molecule has 0 saturated carbocycles. The third kappa shape index (κ3) is 5.73. The number of benzene rings is 2. The van der Waals surface area contributed by atoms with Crippen molar-refractivity contribution in [2.24, 2.45) is 0 Å². The van der Waals surface area contributed by atoms with Crippen molar-refractivity contribution in [3.05, 3.63) is 77.6 Å². The maximum atomic E-state index is 13.7. The van der Waals surface area contributed by atoms with Crippen molar-refractivity contribution in [3.8, 4) is 5.75 Å². The van der Waals surface area contributed by atoms with Crippen molar-refractivity contribution >= 4 is 23.4 Å². The van der Waals surface area contributed by atoms with Gasteiger partial charge in [-0.2, -0.15) is 0 Å². The van der Waals surface area contributed by atoms with Gasteiger partial charge in [0.05, 0.1) is 11.4 Å². The second-order valence-electron chi connectivity index (χ2n) is 7.21. The summed E-state index contributed by atoms with van der Waals surface area (Å²) < 4.78 is 34.6. The van der Waals surface area contributed by atoms with Gasteiger partial charge in [0.2, 0.25) is 5.91 Å². The third-order valence-corrected chi connectivity index (χ3v) is 5.72. The van der Waals surface area contributed by atoms with Crippen LogP contribution >= 0.6 is 11.8 Å². The zero-order valence-electron chi connectivity index (χ0n) is 18.1. The Kier molecular flexibility index (Phi) is 7.63. The Morgan fingerprint density at radius 3 is 2.69 bits per heavy atom. The molecule has 0 aliphatic carbocycles. The van der Waals surface area contributed by atoms with Crippen molar-refractivity contribution < 1.29 is 18.3 Å². The molecule has 1 atom stereocenters. The molecule has 9 heteroatoms. The molecule has 3 aromatic rings. The molecule has 168 valence electrons. The van der Waals surface area contributed by atoms with E-state index in [-0.39, 0.29) is 17.5 Å². The minimum atomic E-state index is -0.835. The van der Waals surface area contributed by atoms with Crippen LogP contribution in [0.2, 0.25) is 0 Å². The lowest BCUT2D eigenvalue weighted by Gasteiger charge is -2.16. The van der Waals surface area contributed by atoms with Crippen LogP contribution in [0.15, 0.2) is 54.2 Å². The number of hydrogen-bond donors (Lipinski definition) is 1. The maximum Gasteiger partial charge on any atom is 0.234 e. The normalized spacial score (nSPS) is 11.8. The number of thioether (sulfide) groups is 1. The van der Waals surface area contributed by atoms with Gasteiger partial charge in [0, 0.05) is 12.6 Å². The molecule has 0 fully saturated rings. The topological polar surface area (TPSA) is 69.0 Å². The Balaban J connectivity index is 1.68. The number of rotatable bonds is 9. The van der Waals surface area contributed by atoms with Gasteiger partial charge in [-0.15, -0.1) is 16.8 Å². The Hall–Kier alpha value is -3.20. The summed E-state index contributed by atoms with van der Waals surface area (Å²) >= 11 is 1.15. The van der Waals surface area contributed by atoms with Crippen LogP contribution in [0.3, 0.4) is 0 Å². The van der Waals surface area contributed by atoms with Crippen molar-refractivity contribution in [2.75, 3.05) is 11.1 Å². The fourth-order valence-electron chi connectivity index (χ4n) is 2.96. The van der Waals surface area contributed by atoms with Gasteiger partial charge in [-0.05, 0) is 56.2 Å². The molecule has 1 N–H and O–H groups in total. The van der Waals surface area contributed by atoms with Crippen LogP contribution in [-0.2, 0) is 11.3 Å². The number of carbonyl (C=O) groups is 1. The highest BCUT2D eigenvalue weighted by Crippen LogP contribution is 2.26. The molecule has 32 heavy (non-hydrogen) atoms. The summed E-state index contributed by atoms with van der Waals surface area (Å²) in [5, 5.41) is 11.4. The highest BCUT2D eigenvalue weighted by molar-refractivity contribution is 7.99. The van der Waals surface area contributed by atoms with E-state index in [1.165, 1.54) is 11.6 Å². The molecule has 2 aromatic carbocycles. The number of aromatic nitrogens is 3. The Morgan fingerprint density at radius 1 is 1.22 bits per heavy atom. The van der Waals surface area contributed by atoms with E-state index in [4.69, 9.17) is 4.74 Å². The quantitative estimate of drug-likeness (QED) is 0.351. The van der Waals surface area contributed by atoms with E-state index in [2.05, 4.69) is 22.1 Å². The Bertz CT molecular complexity index is 1130. The van der Waals surface area contributed by atoms with Crippen LogP contribution in [0.4, 0.5) is 14.5 Å². The number of nitrogens with one attached hydrogen (secondary N) is 1. The van der Waals surface area contributed by atoms with Crippen molar-refractivity contribution in [1.29, 1.82) is 0 Å². The SMILES string of the molecule is C=CCn1c(SCC(=O)Nc2ccc(F)cc2F)nnc1C(C)Oc1ccc(C)c(C)c1. The van der Waals surface area contributed by atoms with Gasteiger partial charge in [-0.1, -0.05) is 23.9 Å². The van der Waals surface area contributed by atoms with E-state index >= 15 is 0 Å². The van der Waals surface area contributed by atoms with Crippen LogP contribution in [0.5, 0.6) is 5.75 Å². The number of aryl methyl sites for hydroxylation is 2. The minimum absolute atomic E-state index is 0.0293. The van der Waals surface area contributed by atoms with E-state index in [9.17, 15) is 13.6 Å². The lowest BCUT2D eigenvalue weighted by atomic mass is 10.1. The standard InChI is InChI=1S/C23H24F2N4O2S/c1-5-10-29-22(16(4)31-18-8-6-14(2)15(3)11-18)27-28-23(29)32-13-21(30)26-20-9-7-17(24)12-19(20)25/h5-9,11-12,16H,1,10,13H2,2-4H3,(H,26,30). The summed E-state index contributed by atoms with van der Waals surface area (Å²) in [6.45, 7) is 10.1. The second kappa shape index (κ2) is 10.4. The molecule has 1 unspecified atom stereocenters. The van der Waals surface area contributed by atoms with Gasteiger partial charge in [0.15, 0.2) is 17.1 Å². The molecule has 0 aliphatic rings. The fraction of sp³-hybridized carbons (Fsp3) is 0.261. The van der Waals surface area contributed by atoms with E-state index < -0.39 is 17.5 Å². The molecule has 0 aliphatic heterocycles. The number of nitrogens with zero attached hydrogens (tertiary/aromatic N) is 3. The first-order chi connectivity index (χ1) is 15.3. The van der Waals surface area contributed by atoms with Gasteiger partial charge < -0.3 is 10.1 Å². The van der Waals surface area contributed by atoms with Crippen LogP contribution < -0.4 is 10.1 Å². The summed E-state index contributed by atoms with van der Waals surface area (Å²) in [7, 11) is 0. The molecular weight excluding hydrogens is 434 g/mol. The maximum absolute atomic E-state index is 13.7. The van der Waals surface area contributed by atoms with Gasteiger partial charge in [-0.3, -0.25) is 9.36 Å². The van der Waals surface area contributed by atoms with E-state index in [1.807, 2.05) is 43.5 Å². The van der Waals surface area contributed by atoms with E-state index in [0.717, 1.165) is 29.1 Å². The number of carbonyl (C=O) groups excluding carboxylic acids is 1. The Labute approximate surface area is 189 Å². The molecule has 1 aromatic heterocycles. The molecule has 3 rings (SSSR count). The predicted molar refractivity (Wildman–Crippen MR) is 121 cm³/mol. The number of halogens is 2. The van der Waals surface area contributed by atoms with Crippen LogP contribution in [0, 0.1) is 25.5 Å². The van der Waals surface area contributed by atoms with Gasteiger partial charge in [0.1, 0.15) is 17.4 Å². The highest BCUT2D eigenvalue weighted by Gasteiger charge is 2.20. The summed E-state index contributed by atoms with van der Waals surface area (Å²) in [6, 6.07) is 8.84. The van der Waals surface area contributed by atoms with Gasteiger partial charge in [0.25, 0.3) is 0 Å². The minimum Gasteiger partial charge on any atom is -0.483 e. The largest absolute Gasteiger partial charge is 0.483 e. The molecule has 0 saturated heterocycles.